The second-order valence-electron chi connectivity index (χ2n) is 9.39. The number of aryl methyl sites for hydroxylation is 1. The van der Waals surface area contributed by atoms with Gasteiger partial charge in [-0.3, -0.25) is 4.79 Å². The highest BCUT2D eigenvalue weighted by Crippen LogP contribution is 2.41. The normalized spacial score (nSPS) is 17.4. The van der Waals surface area contributed by atoms with Gasteiger partial charge in [-0.05, 0) is 75.0 Å². The Hall–Kier alpha value is -3.32. The van der Waals surface area contributed by atoms with Crippen LogP contribution in [0.25, 0.3) is 11.3 Å². The van der Waals surface area contributed by atoms with Crippen molar-refractivity contribution in [2.45, 2.75) is 59.2 Å². The summed E-state index contributed by atoms with van der Waals surface area (Å²) in [5.74, 6) is 0.101. The van der Waals surface area contributed by atoms with Gasteiger partial charge in [0.1, 0.15) is 5.82 Å². The molecular weight excluding hydrogens is 431 g/mol. The van der Waals surface area contributed by atoms with Crippen LogP contribution in [-0.2, 0) is 24.2 Å². The molecule has 0 saturated heterocycles. The highest BCUT2D eigenvalue weighted by molar-refractivity contribution is 6.01. The molecule has 0 saturated carbocycles. The smallest absolute Gasteiger partial charge is 0.268 e. The van der Waals surface area contributed by atoms with E-state index in [1.807, 2.05) is 20.8 Å². The van der Waals surface area contributed by atoms with Crippen molar-refractivity contribution in [1.29, 1.82) is 0 Å². The molecule has 1 aromatic heterocycles. The molecule has 34 heavy (non-hydrogen) atoms. The molecule has 2 aromatic carbocycles. The number of ether oxygens (including phenoxy) is 1. The van der Waals surface area contributed by atoms with E-state index >= 15 is 4.39 Å². The van der Waals surface area contributed by atoms with Crippen LogP contribution in [0.4, 0.5) is 10.1 Å². The lowest BCUT2D eigenvalue weighted by Gasteiger charge is -2.36. The van der Waals surface area contributed by atoms with E-state index in [0.29, 0.717) is 29.2 Å². The van der Waals surface area contributed by atoms with E-state index in [0.717, 1.165) is 30.6 Å². The van der Waals surface area contributed by atoms with Gasteiger partial charge in [-0.25, -0.2) is 14.4 Å². The van der Waals surface area contributed by atoms with E-state index < -0.39 is 11.9 Å². The van der Waals surface area contributed by atoms with E-state index in [-0.39, 0.29) is 17.7 Å². The summed E-state index contributed by atoms with van der Waals surface area (Å²) in [5, 5.41) is 3.41. The molecule has 3 aromatic rings. The summed E-state index contributed by atoms with van der Waals surface area (Å²) in [6.07, 6.45) is 2.68. The fraction of sp³-hybridized carbons (Fsp3) is 0.370. The lowest BCUT2D eigenvalue weighted by molar-refractivity contribution is -0.126. The molecule has 0 spiro atoms. The number of benzene rings is 2. The summed E-state index contributed by atoms with van der Waals surface area (Å²) in [5.41, 5.74) is 6.39. The van der Waals surface area contributed by atoms with Gasteiger partial charge in [0, 0.05) is 30.8 Å². The van der Waals surface area contributed by atoms with Crippen molar-refractivity contribution >= 4 is 11.6 Å². The average molecular weight is 461 g/mol. The molecule has 2 aliphatic rings. The van der Waals surface area contributed by atoms with Crippen LogP contribution in [0.2, 0.25) is 0 Å². The SMILES string of the molecule is Cc1cnc(Cc2ccc3c(c2)CNCC3)nc1-c1cc(F)c2c(c1)N(C(C)C)C(=O)C(C)O2. The van der Waals surface area contributed by atoms with E-state index in [1.54, 1.807) is 24.1 Å². The second-order valence-corrected chi connectivity index (χ2v) is 9.39. The number of aromatic nitrogens is 2. The summed E-state index contributed by atoms with van der Waals surface area (Å²) >= 11 is 0. The van der Waals surface area contributed by atoms with E-state index in [1.165, 1.54) is 17.2 Å². The zero-order valence-corrected chi connectivity index (χ0v) is 20.0. The zero-order chi connectivity index (χ0) is 24.0. The molecule has 0 bridgehead atoms. The van der Waals surface area contributed by atoms with Crippen molar-refractivity contribution in [2.75, 3.05) is 11.4 Å². The van der Waals surface area contributed by atoms with Gasteiger partial charge in [-0.2, -0.15) is 0 Å². The molecule has 5 rings (SSSR count). The molecule has 1 atom stereocenters. The predicted molar refractivity (Wildman–Crippen MR) is 130 cm³/mol. The topological polar surface area (TPSA) is 67.4 Å². The molecule has 7 heteroatoms. The highest BCUT2D eigenvalue weighted by atomic mass is 19.1. The summed E-state index contributed by atoms with van der Waals surface area (Å²) < 4.78 is 20.8. The first-order valence-electron chi connectivity index (χ1n) is 11.8. The fourth-order valence-corrected chi connectivity index (χ4v) is 4.77. The summed E-state index contributed by atoms with van der Waals surface area (Å²) in [7, 11) is 0. The zero-order valence-electron chi connectivity index (χ0n) is 20.0. The molecule has 2 aliphatic heterocycles. The monoisotopic (exact) mass is 460 g/mol. The van der Waals surface area contributed by atoms with Crippen molar-refractivity contribution < 1.29 is 13.9 Å². The minimum Gasteiger partial charge on any atom is -0.476 e. The first-order valence-corrected chi connectivity index (χ1v) is 11.8. The molecular formula is C27H29FN4O2. The van der Waals surface area contributed by atoms with Gasteiger partial charge in [-0.1, -0.05) is 18.2 Å². The van der Waals surface area contributed by atoms with Crippen LogP contribution < -0.4 is 15.0 Å². The fourth-order valence-electron chi connectivity index (χ4n) is 4.77. The Balaban J connectivity index is 1.52. The predicted octanol–water partition coefficient (Wildman–Crippen LogP) is 4.35. The maximum absolute atomic E-state index is 15.2. The number of nitrogens with one attached hydrogen (secondary N) is 1. The van der Waals surface area contributed by atoms with Gasteiger partial charge >= 0.3 is 0 Å². The van der Waals surface area contributed by atoms with Crippen LogP contribution in [0.3, 0.4) is 0 Å². The van der Waals surface area contributed by atoms with Gasteiger partial charge in [0.2, 0.25) is 0 Å². The number of hydrogen-bond acceptors (Lipinski definition) is 5. The number of halogens is 1. The van der Waals surface area contributed by atoms with Crippen molar-refractivity contribution in [1.82, 2.24) is 15.3 Å². The number of hydrogen-bond donors (Lipinski definition) is 1. The van der Waals surface area contributed by atoms with Crippen molar-refractivity contribution in [3.05, 3.63) is 70.4 Å². The van der Waals surface area contributed by atoms with Crippen LogP contribution >= 0.6 is 0 Å². The maximum atomic E-state index is 15.2. The van der Waals surface area contributed by atoms with E-state index in [9.17, 15) is 4.79 Å². The minimum absolute atomic E-state index is 0.110. The Morgan fingerprint density at radius 1 is 1.24 bits per heavy atom. The number of rotatable bonds is 4. The van der Waals surface area contributed by atoms with Gasteiger partial charge in [-0.15, -0.1) is 0 Å². The summed E-state index contributed by atoms with van der Waals surface area (Å²) in [6.45, 7) is 9.26. The van der Waals surface area contributed by atoms with E-state index in [4.69, 9.17) is 9.72 Å². The first kappa shape index (κ1) is 22.5. The number of anilines is 1. The van der Waals surface area contributed by atoms with Crippen molar-refractivity contribution in [2.24, 2.45) is 0 Å². The molecule has 3 heterocycles. The molecule has 1 N–H and O–H groups in total. The summed E-state index contributed by atoms with van der Waals surface area (Å²) in [4.78, 5) is 23.7. The molecule has 0 radical (unpaired) electrons. The lowest BCUT2D eigenvalue weighted by Crippen LogP contribution is -2.48. The van der Waals surface area contributed by atoms with Gasteiger partial charge in [0.15, 0.2) is 17.7 Å². The molecule has 0 fully saturated rings. The van der Waals surface area contributed by atoms with E-state index in [2.05, 4.69) is 28.5 Å². The Bertz CT molecular complexity index is 1270. The molecule has 1 amide bonds. The first-order chi connectivity index (χ1) is 16.3. The highest BCUT2D eigenvalue weighted by Gasteiger charge is 2.35. The van der Waals surface area contributed by atoms with Gasteiger partial charge in [0.05, 0.1) is 11.4 Å². The number of carbonyl (C=O) groups is 1. The van der Waals surface area contributed by atoms with Gasteiger partial charge < -0.3 is 15.0 Å². The van der Waals surface area contributed by atoms with Crippen LogP contribution in [0.1, 0.15) is 48.8 Å². The quantitative estimate of drug-likeness (QED) is 0.627. The number of carbonyl (C=O) groups excluding carboxylic acids is 1. The van der Waals surface area contributed by atoms with Gasteiger partial charge in [0.25, 0.3) is 5.91 Å². The Labute approximate surface area is 199 Å². The maximum Gasteiger partial charge on any atom is 0.268 e. The van der Waals surface area contributed by atoms with Crippen molar-refractivity contribution in [3.8, 4) is 17.0 Å². The third-order valence-corrected chi connectivity index (χ3v) is 6.49. The number of amides is 1. The Kier molecular flexibility index (Phi) is 5.81. The third-order valence-electron chi connectivity index (χ3n) is 6.49. The average Bonchev–Trinajstić information content (AvgIpc) is 2.81. The summed E-state index contributed by atoms with van der Waals surface area (Å²) in [6, 6.07) is 9.64. The second kappa shape index (κ2) is 8.80. The minimum atomic E-state index is -0.727. The number of nitrogens with zero attached hydrogens (tertiary/aromatic N) is 3. The lowest BCUT2D eigenvalue weighted by atomic mass is 9.97. The third kappa shape index (κ3) is 4.05. The van der Waals surface area contributed by atoms with Crippen LogP contribution in [0.5, 0.6) is 5.75 Å². The molecule has 176 valence electrons. The standard InChI is InChI=1S/C27H29FN4O2/c1-15(2)32-23-12-20(11-22(28)26(23)34-17(4)27(32)33)25-16(3)13-30-24(31-25)10-18-5-6-19-7-8-29-14-21(19)9-18/h5-6,9,11-13,15,17,29H,7-8,10,14H2,1-4H3. The largest absolute Gasteiger partial charge is 0.476 e. The van der Waals surface area contributed by atoms with Crippen LogP contribution in [0, 0.1) is 12.7 Å². The Morgan fingerprint density at radius 3 is 2.85 bits per heavy atom. The Morgan fingerprint density at radius 2 is 2.06 bits per heavy atom. The van der Waals surface area contributed by atoms with Crippen LogP contribution in [0.15, 0.2) is 36.5 Å². The molecule has 1 unspecified atom stereocenters. The van der Waals surface area contributed by atoms with Crippen LogP contribution in [-0.4, -0.2) is 34.6 Å². The number of fused-ring (bicyclic) bond motifs is 2. The van der Waals surface area contributed by atoms with Crippen molar-refractivity contribution in [3.63, 3.8) is 0 Å². The molecule has 0 aliphatic carbocycles. The molecule has 6 nitrogen and oxygen atoms in total.